The Labute approximate surface area is 124 Å². The summed E-state index contributed by atoms with van der Waals surface area (Å²) in [5.74, 6) is 0.277. The molecule has 0 atom stereocenters. The van der Waals surface area contributed by atoms with E-state index in [9.17, 15) is 4.79 Å². The first kappa shape index (κ1) is 15.8. The van der Waals surface area contributed by atoms with Crippen LogP contribution < -0.4 is 10.2 Å². The van der Waals surface area contributed by atoms with Crippen molar-refractivity contribution < 1.29 is 4.79 Å². The largest absolute Gasteiger partial charge is 0.378 e. The molecule has 0 unspecified atom stereocenters. The number of rotatable bonds is 4. The first-order chi connectivity index (χ1) is 8.90. The fourth-order valence-corrected chi connectivity index (χ4v) is 2.06. The number of carbonyl (C=O) groups excluding carboxylic acids is 1. The second kappa shape index (κ2) is 7.35. The smallest absolute Gasteiger partial charge is 0.234 e. The number of hydrogen-bond acceptors (Lipinski definition) is 4. The summed E-state index contributed by atoms with van der Waals surface area (Å²) >= 11 is 6.47. The van der Waals surface area contributed by atoms with Gasteiger partial charge in [-0.3, -0.25) is 4.79 Å². The van der Waals surface area contributed by atoms with Crippen LogP contribution in [0.2, 0.25) is 0 Å². The van der Waals surface area contributed by atoms with Gasteiger partial charge in [-0.2, -0.15) is 0 Å². The second-order valence-electron chi connectivity index (χ2n) is 4.44. The van der Waals surface area contributed by atoms with E-state index in [1.165, 1.54) is 11.8 Å². The number of thiocarbonyl (C=S) groups is 1. The van der Waals surface area contributed by atoms with E-state index in [1.807, 2.05) is 62.3 Å². The van der Waals surface area contributed by atoms with E-state index in [2.05, 4.69) is 5.32 Å². The lowest BCUT2D eigenvalue weighted by molar-refractivity contribution is -0.113. The van der Waals surface area contributed by atoms with Crippen LogP contribution in [-0.4, -0.2) is 49.1 Å². The summed E-state index contributed by atoms with van der Waals surface area (Å²) in [5.41, 5.74) is 1.90. The van der Waals surface area contributed by atoms with Gasteiger partial charge >= 0.3 is 0 Å². The van der Waals surface area contributed by atoms with Crippen molar-refractivity contribution in [2.75, 3.05) is 44.2 Å². The van der Waals surface area contributed by atoms with Crippen molar-refractivity contribution in [3.05, 3.63) is 24.3 Å². The van der Waals surface area contributed by atoms with Crippen molar-refractivity contribution in [3.63, 3.8) is 0 Å². The summed E-state index contributed by atoms with van der Waals surface area (Å²) < 4.78 is 0.707. The van der Waals surface area contributed by atoms with Crippen molar-refractivity contribution in [3.8, 4) is 0 Å². The minimum absolute atomic E-state index is 0.0493. The average Bonchev–Trinajstić information content (AvgIpc) is 2.36. The van der Waals surface area contributed by atoms with Gasteiger partial charge in [-0.05, 0) is 24.3 Å². The normalized spacial score (nSPS) is 9.89. The minimum atomic E-state index is -0.0493. The molecule has 1 amide bonds. The highest BCUT2D eigenvalue weighted by atomic mass is 32.2. The Kier molecular flexibility index (Phi) is 6.11. The SMILES string of the molecule is CN(C)C(=S)SCC(=O)Nc1ccc(N(C)C)cc1. The molecule has 0 aliphatic heterocycles. The predicted octanol–water partition coefficient (Wildman–Crippen LogP) is 2.27. The van der Waals surface area contributed by atoms with E-state index in [4.69, 9.17) is 12.2 Å². The number of carbonyl (C=O) groups is 1. The van der Waals surface area contributed by atoms with E-state index in [0.717, 1.165) is 11.4 Å². The molecule has 104 valence electrons. The lowest BCUT2D eigenvalue weighted by Crippen LogP contribution is -2.20. The molecule has 0 aliphatic carbocycles. The van der Waals surface area contributed by atoms with Crippen molar-refractivity contribution in [2.45, 2.75) is 0 Å². The molecular formula is C13H19N3OS2. The van der Waals surface area contributed by atoms with Gasteiger partial charge in [-0.1, -0.05) is 24.0 Å². The van der Waals surface area contributed by atoms with Crippen LogP contribution >= 0.6 is 24.0 Å². The van der Waals surface area contributed by atoms with Crippen LogP contribution in [0, 0.1) is 0 Å². The molecule has 1 aromatic rings. The van der Waals surface area contributed by atoms with Crippen LogP contribution in [0.5, 0.6) is 0 Å². The number of nitrogens with zero attached hydrogens (tertiary/aromatic N) is 2. The van der Waals surface area contributed by atoms with Crippen LogP contribution in [0.1, 0.15) is 0 Å². The molecule has 0 spiro atoms. The number of benzene rings is 1. The Morgan fingerprint density at radius 3 is 2.26 bits per heavy atom. The lowest BCUT2D eigenvalue weighted by Gasteiger charge is -2.14. The minimum Gasteiger partial charge on any atom is -0.378 e. The lowest BCUT2D eigenvalue weighted by atomic mass is 10.2. The van der Waals surface area contributed by atoms with E-state index < -0.39 is 0 Å². The maximum atomic E-state index is 11.7. The van der Waals surface area contributed by atoms with Gasteiger partial charge in [0.05, 0.1) is 5.75 Å². The van der Waals surface area contributed by atoms with Gasteiger partial charge in [0, 0.05) is 39.6 Å². The number of nitrogens with one attached hydrogen (secondary N) is 1. The first-order valence-electron chi connectivity index (χ1n) is 5.81. The fraction of sp³-hybridized carbons (Fsp3) is 0.385. The first-order valence-corrected chi connectivity index (χ1v) is 7.21. The van der Waals surface area contributed by atoms with Gasteiger partial charge in [0.2, 0.25) is 5.91 Å². The highest BCUT2D eigenvalue weighted by molar-refractivity contribution is 8.23. The zero-order valence-corrected chi connectivity index (χ0v) is 13.3. The molecule has 0 radical (unpaired) electrons. The van der Waals surface area contributed by atoms with E-state index in [-0.39, 0.29) is 5.91 Å². The highest BCUT2D eigenvalue weighted by Crippen LogP contribution is 2.16. The van der Waals surface area contributed by atoms with Crippen LogP contribution in [0.4, 0.5) is 11.4 Å². The molecule has 0 saturated carbocycles. The summed E-state index contributed by atoms with van der Waals surface area (Å²) in [4.78, 5) is 15.6. The number of anilines is 2. The average molecular weight is 297 g/mol. The van der Waals surface area contributed by atoms with Gasteiger partial charge in [0.15, 0.2) is 0 Å². The molecule has 1 aromatic carbocycles. The standard InChI is InChI=1S/C13H19N3OS2/c1-15(2)11-7-5-10(6-8-11)14-12(17)9-19-13(18)16(3)4/h5-8H,9H2,1-4H3,(H,14,17). The summed E-state index contributed by atoms with van der Waals surface area (Å²) in [6, 6.07) is 7.71. The zero-order chi connectivity index (χ0) is 14.4. The Morgan fingerprint density at radius 2 is 1.79 bits per heavy atom. The molecule has 0 heterocycles. The third-order valence-electron chi connectivity index (χ3n) is 2.36. The monoisotopic (exact) mass is 297 g/mol. The highest BCUT2D eigenvalue weighted by Gasteiger charge is 2.06. The van der Waals surface area contributed by atoms with Gasteiger partial charge < -0.3 is 15.1 Å². The molecule has 0 bridgehead atoms. The topological polar surface area (TPSA) is 35.6 Å². The quantitative estimate of drug-likeness (QED) is 0.863. The zero-order valence-electron chi connectivity index (χ0n) is 11.6. The van der Waals surface area contributed by atoms with Gasteiger partial charge in [0.1, 0.15) is 4.32 Å². The van der Waals surface area contributed by atoms with Crippen LogP contribution in [-0.2, 0) is 4.79 Å². The van der Waals surface area contributed by atoms with E-state index in [0.29, 0.717) is 10.1 Å². The van der Waals surface area contributed by atoms with Gasteiger partial charge in [0.25, 0.3) is 0 Å². The maximum Gasteiger partial charge on any atom is 0.234 e. The Hall–Kier alpha value is -1.27. The molecule has 0 aliphatic rings. The molecule has 1 N–H and O–H groups in total. The molecule has 0 fully saturated rings. The molecule has 0 aromatic heterocycles. The van der Waals surface area contributed by atoms with Crippen LogP contribution in [0.25, 0.3) is 0 Å². The summed E-state index contributed by atoms with van der Waals surface area (Å²) in [6.45, 7) is 0. The number of amides is 1. The third kappa shape index (κ3) is 5.48. The van der Waals surface area contributed by atoms with Crippen molar-refractivity contribution in [1.29, 1.82) is 0 Å². The third-order valence-corrected chi connectivity index (χ3v) is 4.10. The van der Waals surface area contributed by atoms with Crippen molar-refractivity contribution in [1.82, 2.24) is 4.90 Å². The Balaban J connectivity index is 2.46. The molecule has 1 rings (SSSR count). The van der Waals surface area contributed by atoms with Gasteiger partial charge in [-0.25, -0.2) is 0 Å². The number of thioether (sulfide) groups is 1. The van der Waals surface area contributed by atoms with Crippen molar-refractivity contribution >= 4 is 45.6 Å². The molecular weight excluding hydrogens is 278 g/mol. The van der Waals surface area contributed by atoms with Crippen molar-refractivity contribution in [2.24, 2.45) is 0 Å². The van der Waals surface area contributed by atoms with Gasteiger partial charge in [-0.15, -0.1) is 0 Å². The fourth-order valence-electron chi connectivity index (χ4n) is 1.30. The molecule has 0 saturated heterocycles. The summed E-state index contributed by atoms with van der Waals surface area (Å²) in [7, 11) is 7.69. The molecule has 4 nitrogen and oxygen atoms in total. The number of hydrogen-bond donors (Lipinski definition) is 1. The van der Waals surface area contributed by atoms with E-state index in [1.54, 1.807) is 0 Å². The summed E-state index contributed by atoms with van der Waals surface area (Å²) in [6.07, 6.45) is 0. The van der Waals surface area contributed by atoms with Crippen LogP contribution in [0.15, 0.2) is 24.3 Å². The van der Waals surface area contributed by atoms with E-state index >= 15 is 0 Å². The maximum absolute atomic E-state index is 11.7. The predicted molar refractivity (Wildman–Crippen MR) is 88.1 cm³/mol. The van der Waals surface area contributed by atoms with Crippen LogP contribution in [0.3, 0.4) is 0 Å². The second-order valence-corrected chi connectivity index (χ2v) is 6.05. The molecule has 19 heavy (non-hydrogen) atoms. The Morgan fingerprint density at radius 1 is 1.21 bits per heavy atom. The Bertz CT molecular complexity index is 444. The summed E-state index contributed by atoms with van der Waals surface area (Å²) in [5, 5.41) is 2.85. The molecule has 6 heteroatoms.